The molecular weight excluding hydrogens is 129 g/mol. The average Bonchev–Trinajstić information content (AvgIpc) is 1.95. The Bertz CT molecular complexity index is 233. The van der Waals surface area contributed by atoms with E-state index in [0.717, 1.165) is 5.56 Å². The van der Waals surface area contributed by atoms with Gasteiger partial charge in [-0.1, -0.05) is 12.1 Å². The highest BCUT2D eigenvalue weighted by Gasteiger charge is 1.94. The van der Waals surface area contributed by atoms with Gasteiger partial charge in [-0.15, -0.1) is 0 Å². The van der Waals surface area contributed by atoms with Crippen LogP contribution < -0.4 is 5.73 Å². The number of hydrogen-bond acceptors (Lipinski definition) is 1. The highest BCUT2D eigenvalue weighted by atomic mass is 19.1. The predicted molar refractivity (Wildman–Crippen MR) is 40.4 cm³/mol. The number of rotatable bonds is 1. The van der Waals surface area contributed by atoms with Crippen molar-refractivity contribution >= 4 is 5.69 Å². The zero-order chi connectivity index (χ0) is 7.56. The van der Waals surface area contributed by atoms with Gasteiger partial charge in [0.25, 0.3) is 0 Å². The van der Waals surface area contributed by atoms with Gasteiger partial charge in [0.05, 0.1) is 0 Å². The van der Waals surface area contributed by atoms with Crippen molar-refractivity contribution in [2.24, 2.45) is 0 Å². The van der Waals surface area contributed by atoms with Gasteiger partial charge in [-0.25, -0.2) is 4.39 Å². The molecule has 0 saturated carbocycles. The van der Waals surface area contributed by atoms with Crippen molar-refractivity contribution in [2.75, 3.05) is 5.73 Å². The molecule has 0 aliphatic rings. The van der Waals surface area contributed by atoms with Crippen molar-refractivity contribution in [3.63, 3.8) is 0 Å². The first kappa shape index (κ1) is 7.06. The summed E-state index contributed by atoms with van der Waals surface area (Å²) >= 11 is 0. The van der Waals surface area contributed by atoms with Crippen LogP contribution in [0, 0.1) is 6.92 Å². The maximum absolute atomic E-state index is 12.0. The minimum absolute atomic E-state index is 0.440. The molecule has 1 nitrogen and oxygen atoms in total. The summed E-state index contributed by atoms with van der Waals surface area (Å²) in [6.07, 6.45) is 0. The van der Waals surface area contributed by atoms with Gasteiger partial charge in [0.1, 0.15) is 6.67 Å². The summed E-state index contributed by atoms with van der Waals surface area (Å²) in [5.74, 6) is 0. The minimum atomic E-state index is -0.440. The molecule has 54 valence electrons. The molecular formula is C8H10FN. The molecule has 0 aliphatic carbocycles. The van der Waals surface area contributed by atoms with E-state index >= 15 is 0 Å². The average molecular weight is 139 g/mol. The Morgan fingerprint density at radius 3 is 2.70 bits per heavy atom. The van der Waals surface area contributed by atoms with Gasteiger partial charge in [-0.3, -0.25) is 0 Å². The van der Waals surface area contributed by atoms with Gasteiger partial charge in [0, 0.05) is 5.69 Å². The minimum Gasteiger partial charge on any atom is -0.399 e. The lowest BCUT2D eigenvalue weighted by molar-refractivity contribution is 0.485. The first-order valence-electron chi connectivity index (χ1n) is 3.15. The second-order valence-corrected chi connectivity index (χ2v) is 2.32. The monoisotopic (exact) mass is 139 g/mol. The SMILES string of the molecule is Cc1ccc(CF)cc1N. The fourth-order valence-electron chi connectivity index (χ4n) is 0.773. The van der Waals surface area contributed by atoms with E-state index in [0.29, 0.717) is 11.3 Å². The number of nitrogen functional groups attached to an aromatic ring is 1. The molecule has 1 aromatic carbocycles. The Kier molecular flexibility index (Phi) is 1.90. The summed E-state index contributed by atoms with van der Waals surface area (Å²) in [4.78, 5) is 0. The smallest absolute Gasteiger partial charge is 0.115 e. The van der Waals surface area contributed by atoms with Gasteiger partial charge in [0.15, 0.2) is 0 Å². The lowest BCUT2D eigenvalue weighted by Crippen LogP contribution is -1.90. The third kappa shape index (κ3) is 1.26. The molecule has 2 heteroatoms. The first-order chi connectivity index (χ1) is 4.74. The lowest BCUT2D eigenvalue weighted by Gasteiger charge is -1.99. The van der Waals surface area contributed by atoms with Crippen LogP contribution in [0.5, 0.6) is 0 Å². The summed E-state index contributed by atoms with van der Waals surface area (Å²) < 4.78 is 12.0. The Morgan fingerprint density at radius 1 is 1.50 bits per heavy atom. The van der Waals surface area contributed by atoms with E-state index in [1.54, 1.807) is 12.1 Å². The summed E-state index contributed by atoms with van der Waals surface area (Å²) in [5.41, 5.74) is 7.83. The Morgan fingerprint density at radius 2 is 2.20 bits per heavy atom. The fourth-order valence-corrected chi connectivity index (χ4v) is 0.773. The van der Waals surface area contributed by atoms with Crippen molar-refractivity contribution in [1.82, 2.24) is 0 Å². The van der Waals surface area contributed by atoms with Crippen LogP contribution in [0.4, 0.5) is 10.1 Å². The van der Waals surface area contributed by atoms with Crippen molar-refractivity contribution in [1.29, 1.82) is 0 Å². The molecule has 0 heterocycles. The molecule has 0 unspecified atom stereocenters. The molecule has 0 saturated heterocycles. The third-order valence-corrected chi connectivity index (χ3v) is 1.50. The largest absolute Gasteiger partial charge is 0.399 e. The number of aryl methyl sites for hydroxylation is 1. The molecule has 0 aliphatic heterocycles. The number of hydrogen-bond donors (Lipinski definition) is 1. The number of alkyl halides is 1. The number of anilines is 1. The molecule has 1 aromatic rings. The van der Waals surface area contributed by atoms with Crippen molar-refractivity contribution < 1.29 is 4.39 Å². The number of nitrogens with two attached hydrogens (primary N) is 1. The van der Waals surface area contributed by atoms with E-state index in [2.05, 4.69) is 0 Å². The molecule has 0 radical (unpaired) electrons. The third-order valence-electron chi connectivity index (χ3n) is 1.50. The van der Waals surface area contributed by atoms with E-state index in [-0.39, 0.29) is 0 Å². The number of halogens is 1. The Hall–Kier alpha value is -1.05. The zero-order valence-electron chi connectivity index (χ0n) is 5.89. The maximum atomic E-state index is 12.0. The lowest BCUT2D eigenvalue weighted by atomic mass is 10.1. The second-order valence-electron chi connectivity index (χ2n) is 2.32. The molecule has 0 spiro atoms. The Balaban J connectivity index is 3.04. The summed E-state index contributed by atoms with van der Waals surface area (Å²) in [5, 5.41) is 0. The zero-order valence-corrected chi connectivity index (χ0v) is 5.89. The summed E-state index contributed by atoms with van der Waals surface area (Å²) in [6, 6.07) is 5.23. The molecule has 0 fully saturated rings. The van der Waals surface area contributed by atoms with Crippen LogP contribution in [0.3, 0.4) is 0 Å². The highest BCUT2D eigenvalue weighted by Crippen LogP contribution is 2.13. The van der Waals surface area contributed by atoms with Crippen LogP contribution in [0.15, 0.2) is 18.2 Å². The topological polar surface area (TPSA) is 26.0 Å². The molecule has 0 aromatic heterocycles. The van der Waals surface area contributed by atoms with Gasteiger partial charge in [-0.2, -0.15) is 0 Å². The molecule has 0 amide bonds. The molecule has 2 N–H and O–H groups in total. The van der Waals surface area contributed by atoms with Crippen LogP contribution in [-0.4, -0.2) is 0 Å². The molecule has 10 heavy (non-hydrogen) atoms. The first-order valence-corrected chi connectivity index (χ1v) is 3.15. The van der Waals surface area contributed by atoms with E-state index in [1.165, 1.54) is 0 Å². The second kappa shape index (κ2) is 2.69. The summed E-state index contributed by atoms with van der Waals surface area (Å²) in [7, 11) is 0. The number of benzene rings is 1. The maximum Gasteiger partial charge on any atom is 0.115 e. The summed E-state index contributed by atoms with van der Waals surface area (Å²) in [6.45, 7) is 1.46. The highest BCUT2D eigenvalue weighted by molar-refractivity contribution is 5.48. The van der Waals surface area contributed by atoms with Crippen LogP contribution in [0.2, 0.25) is 0 Å². The Labute approximate surface area is 59.7 Å². The quantitative estimate of drug-likeness (QED) is 0.592. The van der Waals surface area contributed by atoms with Crippen LogP contribution in [0.1, 0.15) is 11.1 Å². The van der Waals surface area contributed by atoms with Crippen LogP contribution >= 0.6 is 0 Å². The standard InChI is InChI=1S/C8H10FN/c1-6-2-3-7(5-9)4-8(6)10/h2-4H,5,10H2,1H3. The van der Waals surface area contributed by atoms with Gasteiger partial charge in [-0.05, 0) is 24.1 Å². The van der Waals surface area contributed by atoms with E-state index in [4.69, 9.17) is 5.73 Å². The van der Waals surface area contributed by atoms with Crippen LogP contribution in [0.25, 0.3) is 0 Å². The molecule has 0 atom stereocenters. The van der Waals surface area contributed by atoms with Gasteiger partial charge < -0.3 is 5.73 Å². The van der Waals surface area contributed by atoms with E-state index < -0.39 is 6.67 Å². The molecule has 0 bridgehead atoms. The van der Waals surface area contributed by atoms with E-state index in [9.17, 15) is 4.39 Å². The van der Waals surface area contributed by atoms with E-state index in [1.807, 2.05) is 13.0 Å². The van der Waals surface area contributed by atoms with Gasteiger partial charge >= 0.3 is 0 Å². The van der Waals surface area contributed by atoms with Crippen molar-refractivity contribution in [3.8, 4) is 0 Å². The van der Waals surface area contributed by atoms with Crippen LogP contribution in [-0.2, 0) is 6.67 Å². The van der Waals surface area contributed by atoms with Crippen molar-refractivity contribution in [3.05, 3.63) is 29.3 Å². The predicted octanol–water partition coefficient (Wildman–Crippen LogP) is 2.05. The molecule has 1 rings (SSSR count). The van der Waals surface area contributed by atoms with Crippen molar-refractivity contribution in [2.45, 2.75) is 13.6 Å². The normalized spacial score (nSPS) is 9.80. The fraction of sp³-hybridized carbons (Fsp3) is 0.250. The van der Waals surface area contributed by atoms with Gasteiger partial charge in [0.2, 0.25) is 0 Å².